The zero-order valence-corrected chi connectivity index (χ0v) is 15.9. The van der Waals surface area contributed by atoms with Crippen LogP contribution in [-0.2, 0) is 4.79 Å². The van der Waals surface area contributed by atoms with Crippen molar-refractivity contribution in [3.05, 3.63) is 76.0 Å². The molecule has 0 aliphatic carbocycles. The van der Waals surface area contributed by atoms with Crippen LogP contribution in [0.3, 0.4) is 0 Å². The quantitative estimate of drug-likeness (QED) is 0.635. The summed E-state index contributed by atoms with van der Waals surface area (Å²) in [5.74, 6) is -0.292. The van der Waals surface area contributed by atoms with Gasteiger partial charge in [0.2, 0.25) is 5.91 Å². The van der Waals surface area contributed by atoms with Gasteiger partial charge in [-0.3, -0.25) is 9.59 Å². The molecule has 0 saturated carbocycles. The van der Waals surface area contributed by atoms with Gasteiger partial charge in [-0.25, -0.2) is 0 Å². The van der Waals surface area contributed by atoms with E-state index < -0.39 is 5.91 Å². The molecule has 2 aromatic carbocycles. The Hall–Kier alpha value is -2.76. The molecule has 0 radical (unpaired) electrons. The topological polar surface area (TPSA) is 71.3 Å². The fourth-order valence-corrected chi connectivity index (χ4v) is 2.85. The number of hydrogen-bond donors (Lipinski definition) is 2. The minimum Gasteiger partial charge on any atom is -0.451 e. The van der Waals surface area contributed by atoms with E-state index in [1.54, 1.807) is 43.3 Å². The molecule has 1 aromatic heterocycles. The second-order valence-corrected chi connectivity index (χ2v) is 6.60. The molecule has 5 nitrogen and oxygen atoms in total. The average Bonchev–Trinajstić information content (AvgIpc) is 3.14. The first-order chi connectivity index (χ1) is 13.0. The molecule has 0 spiro atoms. The third-order valence-corrected chi connectivity index (χ3v) is 4.66. The molecule has 0 saturated heterocycles. The molecule has 0 unspecified atom stereocenters. The van der Waals surface area contributed by atoms with Gasteiger partial charge in [-0.1, -0.05) is 41.4 Å². The Morgan fingerprint density at radius 2 is 1.70 bits per heavy atom. The lowest BCUT2D eigenvalue weighted by molar-refractivity contribution is -0.115. The number of benzene rings is 2. The monoisotopic (exact) mass is 402 g/mol. The Balaban J connectivity index is 1.60. The number of furan rings is 1. The summed E-state index contributed by atoms with van der Waals surface area (Å²) in [7, 11) is 0. The third kappa shape index (κ3) is 4.51. The first-order valence-electron chi connectivity index (χ1n) is 8.13. The van der Waals surface area contributed by atoms with Crippen LogP contribution in [0.1, 0.15) is 16.1 Å². The van der Waals surface area contributed by atoms with Crippen LogP contribution in [0.15, 0.2) is 59.0 Å². The highest BCUT2D eigenvalue weighted by atomic mass is 35.5. The Morgan fingerprint density at radius 3 is 2.48 bits per heavy atom. The van der Waals surface area contributed by atoms with Crippen LogP contribution in [0.4, 0.5) is 5.69 Å². The van der Waals surface area contributed by atoms with Gasteiger partial charge in [0.25, 0.3) is 5.91 Å². The lowest BCUT2D eigenvalue weighted by atomic mass is 10.2. The summed E-state index contributed by atoms with van der Waals surface area (Å²) >= 11 is 12.2. The van der Waals surface area contributed by atoms with Crippen LogP contribution in [-0.4, -0.2) is 18.4 Å². The highest BCUT2D eigenvalue weighted by Gasteiger charge is 2.15. The summed E-state index contributed by atoms with van der Waals surface area (Å²) in [5.41, 5.74) is 2.04. The van der Waals surface area contributed by atoms with Crippen molar-refractivity contribution < 1.29 is 14.0 Å². The molecule has 27 heavy (non-hydrogen) atoms. The Bertz CT molecular complexity index is 998. The van der Waals surface area contributed by atoms with Crippen LogP contribution >= 0.6 is 23.2 Å². The molecule has 0 aliphatic rings. The number of rotatable bonds is 5. The number of amides is 2. The number of anilines is 1. The maximum atomic E-state index is 12.2. The van der Waals surface area contributed by atoms with Crippen molar-refractivity contribution in [2.75, 3.05) is 11.9 Å². The SMILES string of the molecule is Cc1c(Cl)cccc1NC(=O)CNC(=O)c1ccc(-c2ccccc2Cl)o1. The van der Waals surface area contributed by atoms with Crippen molar-refractivity contribution in [3.63, 3.8) is 0 Å². The summed E-state index contributed by atoms with van der Waals surface area (Å²) in [4.78, 5) is 24.3. The van der Waals surface area contributed by atoms with Gasteiger partial charge in [0.15, 0.2) is 5.76 Å². The van der Waals surface area contributed by atoms with Gasteiger partial charge in [-0.2, -0.15) is 0 Å². The first-order valence-corrected chi connectivity index (χ1v) is 8.89. The molecule has 3 aromatic rings. The molecule has 0 aliphatic heterocycles. The smallest absolute Gasteiger partial charge is 0.287 e. The molecular formula is C20H16Cl2N2O3. The summed E-state index contributed by atoms with van der Waals surface area (Å²) in [6.45, 7) is 1.60. The van der Waals surface area contributed by atoms with Gasteiger partial charge < -0.3 is 15.1 Å². The van der Waals surface area contributed by atoms with E-state index in [0.717, 1.165) is 5.56 Å². The van der Waals surface area contributed by atoms with Crippen molar-refractivity contribution in [1.82, 2.24) is 5.32 Å². The molecule has 2 amide bonds. The minimum absolute atomic E-state index is 0.0941. The lowest BCUT2D eigenvalue weighted by Crippen LogP contribution is -2.32. The van der Waals surface area contributed by atoms with E-state index in [4.69, 9.17) is 27.6 Å². The fraction of sp³-hybridized carbons (Fsp3) is 0.100. The predicted molar refractivity (Wildman–Crippen MR) is 106 cm³/mol. The lowest BCUT2D eigenvalue weighted by Gasteiger charge is -2.09. The number of carbonyl (C=O) groups excluding carboxylic acids is 2. The van der Waals surface area contributed by atoms with Crippen molar-refractivity contribution in [2.24, 2.45) is 0 Å². The molecule has 0 atom stereocenters. The number of carbonyl (C=O) groups is 2. The van der Waals surface area contributed by atoms with Crippen LogP contribution in [0.2, 0.25) is 10.0 Å². The van der Waals surface area contributed by atoms with Gasteiger partial charge in [0.05, 0.1) is 11.6 Å². The summed E-state index contributed by atoms with van der Waals surface area (Å²) in [6, 6.07) is 15.6. The molecule has 0 fully saturated rings. The zero-order valence-electron chi connectivity index (χ0n) is 14.4. The highest BCUT2D eigenvalue weighted by molar-refractivity contribution is 6.33. The van der Waals surface area contributed by atoms with Crippen LogP contribution in [0, 0.1) is 6.92 Å². The van der Waals surface area contributed by atoms with Gasteiger partial charge in [-0.15, -0.1) is 0 Å². The van der Waals surface area contributed by atoms with Crippen molar-refractivity contribution in [2.45, 2.75) is 6.92 Å². The maximum Gasteiger partial charge on any atom is 0.287 e. The Labute approximate surface area is 166 Å². The molecule has 3 rings (SSSR count). The molecule has 138 valence electrons. The number of hydrogen-bond acceptors (Lipinski definition) is 3. The summed E-state index contributed by atoms with van der Waals surface area (Å²) < 4.78 is 5.55. The van der Waals surface area contributed by atoms with E-state index in [-0.39, 0.29) is 18.2 Å². The predicted octanol–water partition coefficient (Wildman–Crippen LogP) is 4.93. The minimum atomic E-state index is -0.494. The molecule has 1 heterocycles. The number of nitrogens with one attached hydrogen (secondary N) is 2. The standard InChI is InChI=1S/C20H16Cl2N2O3/c1-12-14(21)7-4-8-16(12)24-19(25)11-23-20(26)18-10-9-17(27-18)13-5-2-3-6-15(13)22/h2-10H,11H2,1H3,(H,23,26)(H,24,25). The van der Waals surface area contributed by atoms with Crippen LogP contribution < -0.4 is 10.6 Å². The molecule has 2 N–H and O–H groups in total. The van der Waals surface area contributed by atoms with Gasteiger partial charge >= 0.3 is 0 Å². The van der Waals surface area contributed by atoms with Crippen molar-refractivity contribution >= 4 is 40.7 Å². The third-order valence-electron chi connectivity index (χ3n) is 3.92. The molecular weight excluding hydrogens is 387 g/mol. The highest BCUT2D eigenvalue weighted by Crippen LogP contribution is 2.29. The van der Waals surface area contributed by atoms with E-state index in [1.807, 2.05) is 12.1 Å². The second kappa shape index (κ2) is 8.29. The average molecular weight is 403 g/mol. The van der Waals surface area contributed by atoms with Gasteiger partial charge in [-0.05, 0) is 48.9 Å². The van der Waals surface area contributed by atoms with Crippen molar-refractivity contribution in [1.29, 1.82) is 0 Å². The zero-order chi connectivity index (χ0) is 19.4. The van der Waals surface area contributed by atoms with E-state index in [9.17, 15) is 9.59 Å². The normalized spacial score (nSPS) is 10.5. The summed E-state index contributed by atoms with van der Waals surface area (Å²) in [5, 5.41) is 6.31. The van der Waals surface area contributed by atoms with Crippen molar-refractivity contribution in [3.8, 4) is 11.3 Å². The Kier molecular flexibility index (Phi) is 5.84. The van der Waals surface area contributed by atoms with E-state index in [2.05, 4.69) is 10.6 Å². The molecule has 0 bridgehead atoms. The van der Waals surface area contributed by atoms with E-state index in [0.29, 0.717) is 27.1 Å². The van der Waals surface area contributed by atoms with Gasteiger partial charge in [0, 0.05) is 16.3 Å². The second-order valence-electron chi connectivity index (χ2n) is 5.79. The van der Waals surface area contributed by atoms with Crippen LogP contribution in [0.5, 0.6) is 0 Å². The Morgan fingerprint density at radius 1 is 0.963 bits per heavy atom. The van der Waals surface area contributed by atoms with E-state index >= 15 is 0 Å². The van der Waals surface area contributed by atoms with E-state index in [1.165, 1.54) is 6.07 Å². The molecule has 7 heteroatoms. The number of halogens is 2. The van der Waals surface area contributed by atoms with Gasteiger partial charge in [0.1, 0.15) is 5.76 Å². The maximum absolute atomic E-state index is 12.2. The van der Waals surface area contributed by atoms with Crippen LogP contribution in [0.25, 0.3) is 11.3 Å². The first kappa shape index (κ1) is 19.0. The summed E-state index contributed by atoms with van der Waals surface area (Å²) in [6.07, 6.45) is 0. The fourth-order valence-electron chi connectivity index (χ4n) is 2.45. The largest absolute Gasteiger partial charge is 0.451 e.